The summed E-state index contributed by atoms with van der Waals surface area (Å²) in [5, 5.41) is 11.3. The summed E-state index contributed by atoms with van der Waals surface area (Å²) in [5.74, 6) is 0.893. The average molecular weight is 527 g/mol. The summed E-state index contributed by atoms with van der Waals surface area (Å²) in [7, 11) is 1.54. The van der Waals surface area contributed by atoms with Crippen LogP contribution in [0, 0.1) is 5.82 Å². The summed E-state index contributed by atoms with van der Waals surface area (Å²) in [6, 6.07) is 10.7. The molecular weight excluding hydrogens is 499 g/mol. The van der Waals surface area contributed by atoms with Gasteiger partial charge >= 0.3 is 0 Å². The van der Waals surface area contributed by atoms with Gasteiger partial charge in [-0.2, -0.15) is 0 Å². The number of methoxy groups -OCH3 is 1. The van der Waals surface area contributed by atoms with Crippen LogP contribution in [0.5, 0.6) is 17.2 Å². The maximum atomic E-state index is 13.8. The summed E-state index contributed by atoms with van der Waals surface area (Å²) in [4.78, 5) is 17.7. The topological polar surface area (TPSA) is 104 Å². The normalized spacial score (nSPS) is 18.1. The van der Waals surface area contributed by atoms with Crippen molar-refractivity contribution in [2.45, 2.75) is 50.4 Å². The highest BCUT2D eigenvalue weighted by atomic mass is 35.5. The zero-order valence-corrected chi connectivity index (χ0v) is 21.3. The third-order valence-corrected chi connectivity index (χ3v) is 6.99. The third-order valence-electron chi connectivity index (χ3n) is 6.70. The predicted molar refractivity (Wildman–Crippen MR) is 137 cm³/mol. The molecule has 1 saturated carbocycles. The van der Waals surface area contributed by atoms with Gasteiger partial charge in [0.1, 0.15) is 23.7 Å². The number of fused-ring (bicyclic) bond motifs is 1. The van der Waals surface area contributed by atoms with Crippen LogP contribution in [0.15, 0.2) is 42.5 Å². The molecule has 2 aromatic carbocycles. The summed E-state index contributed by atoms with van der Waals surface area (Å²) in [6.45, 7) is 1.86. The minimum Gasteiger partial charge on any atom is -0.493 e. The lowest BCUT2D eigenvalue weighted by atomic mass is 9.90. The van der Waals surface area contributed by atoms with E-state index in [2.05, 4.69) is 4.98 Å². The Hall–Kier alpha value is -3.20. The number of nitrogens with zero attached hydrogens (tertiary/aromatic N) is 1. The zero-order valence-electron chi connectivity index (χ0n) is 20.6. The van der Waals surface area contributed by atoms with Crippen LogP contribution in [0.2, 0.25) is 5.02 Å². The monoisotopic (exact) mass is 526 g/mol. The summed E-state index contributed by atoms with van der Waals surface area (Å²) >= 11 is 6.00. The first-order valence-corrected chi connectivity index (χ1v) is 12.5. The number of Topliss-reactive ketones (excluding diaryl/α,β-unsaturated/α-hetero) is 1. The molecule has 0 spiro atoms. The molecule has 1 aliphatic carbocycles. The Morgan fingerprint density at radius 2 is 2.03 bits per heavy atom. The fourth-order valence-electron chi connectivity index (χ4n) is 4.29. The molecule has 0 radical (unpaired) electrons. The number of aromatic nitrogens is 1. The van der Waals surface area contributed by atoms with Gasteiger partial charge in [0, 0.05) is 23.1 Å². The molecule has 9 heteroatoms. The first-order chi connectivity index (χ1) is 17.7. The smallest absolute Gasteiger partial charge is 0.163 e. The van der Waals surface area contributed by atoms with E-state index in [-0.39, 0.29) is 36.4 Å². The van der Waals surface area contributed by atoms with Crippen LogP contribution < -0.4 is 19.9 Å². The zero-order chi connectivity index (χ0) is 26.3. The van der Waals surface area contributed by atoms with Gasteiger partial charge in [0.25, 0.3) is 0 Å². The molecule has 2 unspecified atom stereocenters. The number of carbonyl (C=O) groups excluding carboxylic acids is 1. The Morgan fingerprint density at radius 1 is 1.24 bits per heavy atom. The standard InChI is InChI=1S/C28H28ClFN2O5/c1-28(34,10-9-22(33)15-4-8-23(24(12-15)35-2)37-17-5-6-17)25-13-18-21(31)14-36-27(18)26(32-25)16-3-7-20(30)19(29)11-16/h3-4,7-8,11-13,17,21,34H,5-6,9-10,14,31H2,1-2H3. The molecule has 1 aromatic heterocycles. The number of hydrogen-bond donors (Lipinski definition) is 2. The molecule has 3 aromatic rings. The number of benzene rings is 2. The van der Waals surface area contributed by atoms with Crippen LogP contribution in [0.4, 0.5) is 4.39 Å². The van der Waals surface area contributed by atoms with Crippen molar-refractivity contribution in [3.05, 3.63) is 70.1 Å². The lowest BCUT2D eigenvalue weighted by Gasteiger charge is -2.24. The van der Waals surface area contributed by atoms with Gasteiger partial charge in [0.15, 0.2) is 23.0 Å². The van der Waals surface area contributed by atoms with Gasteiger partial charge in [-0.15, -0.1) is 0 Å². The third kappa shape index (κ3) is 5.28. The molecule has 0 saturated heterocycles. The lowest BCUT2D eigenvalue weighted by molar-refractivity contribution is 0.0397. The molecule has 3 N–H and O–H groups in total. The predicted octanol–water partition coefficient (Wildman–Crippen LogP) is 5.35. The second kappa shape index (κ2) is 9.93. The molecule has 0 bridgehead atoms. The van der Waals surface area contributed by atoms with Gasteiger partial charge in [-0.3, -0.25) is 4.79 Å². The molecular formula is C28H28ClFN2O5. The SMILES string of the molecule is COc1cc(C(=O)CCC(C)(O)c2cc3c(c(-c4ccc(F)c(Cl)c4)n2)OCC3N)ccc1OC1CC1. The number of ether oxygens (including phenoxy) is 3. The fraction of sp³-hybridized carbons (Fsp3) is 0.357. The Balaban J connectivity index is 1.39. The van der Waals surface area contributed by atoms with Crippen molar-refractivity contribution in [1.29, 1.82) is 0 Å². The van der Waals surface area contributed by atoms with Crippen LogP contribution >= 0.6 is 11.6 Å². The van der Waals surface area contributed by atoms with Gasteiger partial charge in [0.05, 0.1) is 30.0 Å². The molecule has 7 nitrogen and oxygen atoms in total. The highest BCUT2D eigenvalue weighted by Gasteiger charge is 2.33. The van der Waals surface area contributed by atoms with Crippen LogP contribution in [-0.4, -0.2) is 35.7 Å². The number of hydrogen-bond acceptors (Lipinski definition) is 7. The van der Waals surface area contributed by atoms with E-state index in [4.69, 9.17) is 31.5 Å². The van der Waals surface area contributed by atoms with Crippen LogP contribution in [-0.2, 0) is 5.60 Å². The largest absolute Gasteiger partial charge is 0.493 e. The quantitative estimate of drug-likeness (QED) is 0.362. The molecule has 0 amide bonds. The van der Waals surface area contributed by atoms with Crippen molar-refractivity contribution in [3.63, 3.8) is 0 Å². The average Bonchev–Trinajstić information content (AvgIpc) is 3.63. The van der Waals surface area contributed by atoms with Gasteiger partial charge in [0.2, 0.25) is 0 Å². The molecule has 2 heterocycles. The van der Waals surface area contributed by atoms with E-state index in [1.54, 1.807) is 37.3 Å². The van der Waals surface area contributed by atoms with Crippen molar-refractivity contribution < 1.29 is 28.5 Å². The van der Waals surface area contributed by atoms with Gasteiger partial charge < -0.3 is 25.1 Å². The maximum Gasteiger partial charge on any atom is 0.163 e. The lowest BCUT2D eigenvalue weighted by Crippen LogP contribution is -2.25. The van der Waals surface area contributed by atoms with E-state index in [9.17, 15) is 14.3 Å². The number of rotatable bonds is 9. The van der Waals surface area contributed by atoms with Crippen molar-refractivity contribution >= 4 is 17.4 Å². The first kappa shape index (κ1) is 25.4. The van der Waals surface area contributed by atoms with Gasteiger partial charge in [-0.25, -0.2) is 9.37 Å². The number of aliphatic hydroxyl groups is 1. The summed E-state index contributed by atoms with van der Waals surface area (Å²) in [6.07, 6.45) is 2.42. The second-order valence-corrected chi connectivity index (χ2v) is 10.1. The van der Waals surface area contributed by atoms with Crippen molar-refractivity contribution in [2.75, 3.05) is 13.7 Å². The molecule has 1 aliphatic heterocycles. The van der Waals surface area contributed by atoms with Crippen molar-refractivity contribution in [2.24, 2.45) is 5.73 Å². The first-order valence-electron chi connectivity index (χ1n) is 12.2. The van der Waals surface area contributed by atoms with Crippen LogP contribution in [0.3, 0.4) is 0 Å². The van der Waals surface area contributed by atoms with Crippen LogP contribution in [0.25, 0.3) is 11.3 Å². The summed E-state index contributed by atoms with van der Waals surface area (Å²) in [5.41, 5.74) is 7.21. The highest BCUT2D eigenvalue weighted by Crippen LogP contribution is 2.42. The van der Waals surface area contributed by atoms with E-state index in [0.717, 1.165) is 12.8 Å². The highest BCUT2D eigenvalue weighted by molar-refractivity contribution is 6.31. The molecule has 194 valence electrons. The molecule has 1 fully saturated rings. The van der Waals surface area contributed by atoms with Crippen LogP contribution in [0.1, 0.15) is 60.3 Å². The van der Waals surface area contributed by atoms with Gasteiger partial charge in [-0.1, -0.05) is 11.6 Å². The maximum absolute atomic E-state index is 13.8. The molecule has 2 aliphatic rings. The fourth-order valence-corrected chi connectivity index (χ4v) is 4.47. The Labute approximate surface area is 219 Å². The number of ketones is 1. The number of pyridine rings is 1. The van der Waals surface area contributed by atoms with Crippen molar-refractivity contribution in [1.82, 2.24) is 4.98 Å². The number of halogens is 2. The Morgan fingerprint density at radius 3 is 2.73 bits per heavy atom. The van der Waals surface area contributed by atoms with Gasteiger partial charge in [-0.05, 0) is 68.7 Å². The van der Waals surface area contributed by atoms with E-state index in [1.165, 1.54) is 19.2 Å². The number of nitrogens with two attached hydrogens (primary N) is 1. The van der Waals surface area contributed by atoms with E-state index < -0.39 is 17.5 Å². The Bertz CT molecular complexity index is 1360. The Kier molecular flexibility index (Phi) is 6.83. The molecule has 37 heavy (non-hydrogen) atoms. The van der Waals surface area contributed by atoms with E-state index in [1.807, 2.05) is 0 Å². The minimum atomic E-state index is -1.45. The summed E-state index contributed by atoms with van der Waals surface area (Å²) < 4.78 is 30.8. The second-order valence-electron chi connectivity index (χ2n) is 9.70. The van der Waals surface area contributed by atoms with Crippen molar-refractivity contribution in [3.8, 4) is 28.5 Å². The van der Waals surface area contributed by atoms with E-state index in [0.29, 0.717) is 45.3 Å². The minimum absolute atomic E-state index is 0.0536. The number of carbonyl (C=O) groups is 1. The van der Waals surface area contributed by atoms with E-state index >= 15 is 0 Å². The molecule has 2 atom stereocenters. The molecule has 5 rings (SSSR count).